The van der Waals surface area contributed by atoms with E-state index in [-0.39, 0.29) is 27.8 Å². The summed E-state index contributed by atoms with van der Waals surface area (Å²) in [5, 5.41) is 0.203. The average molecular weight is 629 g/mol. The molecule has 2 amide bonds. The lowest BCUT2D eigenvalue weighted by Gasteiger charge is -2.37. The Morgan fingerprint density at radius 3 is 1.98 bits per heavy atom. The zero-order valence-electron chi connectivity index (χ0n) is 27.3. The summed E-state index contributed by atoms with van der Waals surface area (Å²) < 4.78 is 6.45. The van der Waals surface area contributed by atoms with E-state index in [9.17, 15) is 14.4 Å². The minimum absolute atomic E-state index is 0.0303. The molecule has 45 heavy (non-hydrogen) atoms. The molecule has 2 aliphatic heterocycles. The molecule has 0 N–H and O–H groups in total. The van der Waals surface area contributed by atoms with Crippen LogP contribution < -0.4 is 14.5 Å². The van der Waals surface area contributed by atoms with Crippen molar-refractivity contribution in [3.8, 4) is 5.75 Å². The highest BCUT2D eigenvalue weighted by atomic mass is 32.1. The van der Waals surface area contributed by atoms with Crippen LogP contribution in [0.15, 0.2) is 65.4 Å². The van der Waals surface area contributed by atoms with Crippen molar-refractivity contribution >= 4 is 58.5 Å². The predicted octanol–water partition coefficient (Wildman–Crippen LogP) is 6.47. The van der Waals surface area contributed by atoms with Gasteiger partial charge in [-0.15, -0.1) is 0 Å². The van der Waals surface area contributed by atoms with Crippen LogP contribution in [0.3, 0.4) is 0 Å². The Morgan fingerprint density at radius 2 is 1.44 bits per heavy atom. The maximum absolute atomic E-state index is 14.1. The minimum atomic E-state index is -0.536. The van der Waals surface area contributed by atoms with E-state index in [1.165, 1.54) is 15.9 Å². The van der Waals surface area contributed by atoms with Gasteiger partial charge in [0.05, 0.1) is 5.57 Å². The standard InChI is InChI=1S/C36H44N4O4S/c1-7-11-21-39-34(42)32(35(43)40(36(39)45)22-12-8-2)33-29(30(41)20-15-25-13-17-27(18-14-25)37(5)6)23-26-16-19-28(24-31(26)44-33)38(9-3)10-4/h13-20,23-24H,7-12,21-22H2,1-6H3. The summed E-state index contributed by atoms with van der Waals surface area (Å²) in [5.74, 6) is -0.993. The van der Waals surface area contributed by atoms with Gasteiger partial charge in [0.1, 0.15) is 11.3 Å². The quantitative estimate of drug-likeness (QED) is 0.143. The van der Waals surface area contributed by atoms with E-state index < -0.39 is 11.8 Å². The second-order valence-electron chi connectivity index (χ2n) is 11.3. The van der Waals surface area contributed by atoms with E-state index in [2.05, 4.69) is 18.7 Å². The average Bonchev–Trinajstić information content (AvgIpc) is 3.04. The summed E-state index contributed by atoms with van der Waals surface area (Å²) in [4.78, 5) is 49.2. The molecule has 1 saturated heterocycles. The van der Waals surface area contributed by atoms with Gasteiger partial charge in [-0.3, -0.25) is 24.2 Å². The van der Waals surface area contributed by atoms with Crippen LogP contribution in [-0.2, 0) is 14.4 Å². The minimum Gasteiger partial charge on any atom is -0.455 e. The van der Waals surface area contributed by atoms with E-state index in [1.54, 1.807) is 12.2 Å². The number of allylic oxidation sites excluding steroid dienone is 2. The normalized spacial score (nSPS) is 15.0. The maximum atomic E-state index is 14.1. The van der Waals surface area contributed by atoms with Crippen molar-refractivity contribution in [3.63, 3.8) is 0 Å². The maximum Gasteiger partial charge on any atom is 0.269 e. The fourth-order valence-electron chi connectivity index (χ4n) is 5.32. The Bertz CT molecular complexity index is 1500. The van der Waals surface area contributed by atoms with E-state index in [0.717, 1.165) is 55.7 Å². The third kappa shape index (κ3) is 7.36. The van der Waals surface area contributed by atoms with Crippen molar-refractivity contribution in [3.05, 3.63) is 76.6 Å². The molecule has 4 rings (SSSR count). The van der Waals surface area contributed by atoms with Crippen LogP contribution in [0.1, 0.15) is 64.5 Å². The molecule has 1 fully saturated rings. The number of carbonyl (C=O) groups excluding carboxylic acids is 3. The number of fused-ring (bicyclic) bond motifs is 1. The molecule has 9 heteroatoms. The summed E-state index contributed by atoms with van der Waals surface area (Å²) in [6.07, 6.45) is 8.05. The topological polar surface area (TPSA) is 73.4 Å². The summed E-state index contributed by atoms with van der Waals surface area (Å²) in [5.41, 5.74) is 3.51. The number of hydrogen-bond donors (Lipinski definition) is 0. The number of thiocarbonyl (C=S) groups is 1. The molecule has 0 saturated carbocycles. The third-order valence-electron chi connectivity index (χ3n) is 8.06. The van der Waals surface area contributed by atoms with Crippen LogP contribution in [0.25, 0.3) is 12.2 Å². The molecule has 2 heterocycles. The molecule has 0 atom stereocenters. The molecule has 8 nitrogen and oxygen atoms in total. The third-order valence-corrected chi connectivity index (χ3v) is 8.50. The molecule has 0 bridgehead atoms. The number of ether oxygens (including phenoxy) is 1. The molecule has 2 aliphatic rings. The largest absolute Gasteiger partial charge is 0.455 e. The van der Waals surface area contributed by atoms with Gasteiger partial charge in [0.15, 0.2) is 16.7 Å². The van der Waals surface area contributed by atoms with Gasteiger partial charge < -0.3 is 14.5 Å². The predicted molar refractivity (Wildman–Crippen MR) is 186 cm³/mol. The monoisotopic (exact) mass is 628 g/mol. The number of nitrogens with zero attached hydrogens (tertiary/aromatic N) is 4. The van der Waals surface area contributed by atoms with Crippen LogP contribution in [0, 0.1) is 0 Å². The Kier molecular flexibility index (Phi) is 11.3. The summed E-state index contributed by atoms with van der Waals surface area (Å²) in [6.45, 7) is 10.6. The van der Waals surface area contributed by atoms with Crippen molar-refractivity contribution in [1.29, 1.82) is 0 Å². The molecule has 0 radical (unpaired) electrons. The Morgan fingerprint density at radius 1 is 0.867 bits per heavy atom. The van der Waals surface area contributed by atoms with Gasteiger partial charge in [-0.05, 0) is 80.9 Å². The van der Waals surface area contributed by atoms with Gasteiger partial charge in [0.2, 0.25) is 0 Å². The summed E-state index contributed by atoms with van der Waals surface area (Å²) >= 11 is 5.67. The zero-order valence-corrected chi connectivity index (χ0v) is 28.1. The first-order valence-corrected chi connectivity index (χ1v) is 16.3. The number of unbranched alkanes of at least 4 members (excludes halogenated alkanes) is 2. The Labute approximate surface area is 272 Å². The lowest BCUT2D eigenvalue weighted by atomic mass is 9.95. The van der Waals surface area contributed by atoms with E-state index >= 15 is 0 Å². The van der Waals surface area contributed by atoms with Gasteiger partial charge in [-0.25, -0.2) is 0 Å². The highest BCUT2D eigenvalue weighted by Crippen LogP contribution is 2.38. The number of rotatable bonds is 13. The van der Waals surface area contributed by atoms with E-state index in [0.29, 0.717) is 24.4 Å². The zero-order chi connectivity index (χ0) is 32.7. The van der Waals surface area contributed by atoms with E-state index in [1.807, 2.05) is 75.3 Å². The van der Waals surface area contributed by atoms with Crippen LogP contribution in [0.2, 0.25) is 0 Å². The first kappa shape index (κ1) is 33.6. The lowest BCUT2D eigenvalue weighted by molar-refractivity contribution is -0.134. The van der Waals surface area contributed by atoms with Crippen molar-refractivity contribution in [2.24, 2.45) is 0 Å². The van der Waals surface area contributed by atoms with Gasteiger partial charge in [0.25, 0.3) is 11.8 Å². The lowest BCUT2D eigenvalue weighted by Crippen LogP contribution is -2.57. The first-order chi connectivity index (χ1) is 21.6. The van der Waals surface area contributed by atoms with Crippen LogP contribution in [-0.4, -0.2) is 72.8 Å². The molecule has 238 valence electrons. The number of carbonyl (C=O) groups is 3. The first-order valence-electron chi connectivity index (χ1n) is 15.9. The van der Waals surface area contributed by atoms with Crippen LogP contribution in [0.4, 0.5) is 11.4 Å². The van der Waals surface area contributed by atoms with Gasteiger partial charge in [0, 0.05) is 63.3 Å². The fourth-order valence-corrected chi connectivity index (χ4v) is 5.67. The molecule has 0 spiro atoms. The van der Waals surface area contributed by atoms with E-state index in [4.69, 9.17) is 17.0 Å². The van der Waals surface area contributed by atoms with Crippen molar-refractivity contribution in [2.75, 3.05) is 50.1 Å². The molecular weight excluding hydrogens is 584 g/mol. The van der Waals surface area contributed by atoms with Crippen molar-refractivity contribution < 1.29 is 19.1 Å². The second kappa shape index (κ2) is 15.2. The molecule has 0 aromatic heterocycles. The van der Waals surface area contributed by atoms with Gasteiger partial charge in [-0.1, -0.05) is 44.9 Å². The number of anilines is 2. The number of hydrogen-bond acceptors (Lipinski definition) is 7. The van der Waals surface area contributed by atoms with Crippen LogP contribution >= 0.6 is 12.2 Å². The Hall–Kier alpha value is -4.24. The summed E-state index contributed by atoms with van der Waals surface area (Å²) in [6, 6.07) is 13.6. The van der Waals surface area contributed by atoms with Crippen molar-refractivity contribution in [2.45, 2.75) is 53.4 Å². The molecular formula is C36H44N4O4S. The highest BCUT2D eigenvalue weighted by Gasteiger charge is 2.43. The number of amides is 2. The van der Waals surface area contributed by atoms with Gasteiger partial charge in [-0.2, -0.15) is 0 Å². The summed E-state index contributed by atoms with van der Waals surface area (Å²) in [7, 11) is 3.93. The van der Waals surface area contributed by atoms with Crippen molar-refractivity contribution in [1.82, 2.24) is 9.80 Å². The Balaban J connectivity index is 1.85. The molecule has 2 aromatic carbocycles. The number of ketones is 1. The van der Waals surface area contributed by atoms with Gasteiger partial charge >= 0.3 is 0 Å². The fraction of sp³-hybridized carbons (Fsp3) is 0.389. The molecule has 0 unspecified atom stereocenters. The molecule has 2 aromatic rings. The highest BCUT2D eigenvalue weighted by molar-refractivity contribution is 7.80. The van der Waals surface area contributed by atoms with Crippen LogP contribution in [0.5, 0.6) is 5.75 Å². The number of benzene rings is 2. The smallest absolute Gasteiger partial charge is 0.269 e. The SMILES string of the molecule is CCCCN1C(=O)C(=C2Oc3cc(N(CC)CC)ccc3C=C2C(=O)C=Cc2ccc(N(C)C)cc2)C(=O)N(CCCC)C1=S. The second-order valence-corrected chi connectivity index (χ2v) is 11.7. The molecule has 0 aliphatic carbocycles.